The third-order valence-corrected chi connectivity index (χ3v) is 2.82. The molecule has 1 aromatic carbocycles. The van der Waals surface area contributed by atoms with Crippen LogP contribution in [-0.4, -0.2) is 26.2 Å². The van der Waals surface area contributed by atoms with E-state index in [1.54, 1.807) is 24.3 Å². The van der Waals surface area contributed by atoms with E-state index >= 15 is 0 Å². The molecule has 0 aliphatic carbocycles. The van der Waals surface area contributed by atoms with E-state index in [0.29, 0.717) is 5.56 Å². The van der Waals surface area contributed by atoms with Gasteiger partial charge in [0.15, 0.2) is 0 Å². The fraction of sp³-hybridized carbons (Fsp3) is 0.500. The summed E-state index contributed by atoms with van der Waals surface area (Å²) in [5.41, 5.74) is 0.588. The number of carbonyl (C=O) groups is 1. The maximum absolute atomic E-state index is 10.8. The van der Waals surface area contributed by atoms with E-state index in [-0.39, 0.29) is 18.4 Å². The van der Waals surface area contributed by atoms with Crippen molar-refractivity contribution in [3.05, 3.63) is 35.9 Å². The van der Waals surface area contributed by atoms with Gasteiger partial charge in [0.1, 0.15) is 0 Å². The van der Waals surface area contributed by atoms with Crippen LogP contribution in [0.25, 0.3) is 0 Å². The van der Waals surface area contributed by atoms with E-state index in [1.807, 2.05) is 6.07 Å². The minimum Gasteiger partial charge on any atom is -0.465 e. The maximum atomic E-state index is 10.8. The van der Waals surface area contributed by atoms with Crippen molar-refractivity contribution in [1.82, 2.24) is 5.32 Å². The van der Waals surface area contributed by atoms with Gasteiger partial charge < -0.3 is 10.1 Å². The molecule has 2 rings (SSSR count). The van der Waals surface area contributed by atoms with E-state index in [1.165, 1.54) is 33.0 Å². The van der Waals surface area contributed by atoms with Gasteiger partial charge in [-0.15, -0.1) is 12.4 Å². The molecule has 102 valence electrons. The lowest BCUT2D eigenvalue weighted by Gasteiger charge is -2.17. The second-order valence-electron chi connectivity index (χ2n) is 4.29. The van der Waals surface area contributed by atoms with E-state index in [4.69, 9.17) is 0 Å². The van der Waals surface area contributed by atoms with E-state index in [2.05, 4.69) is 17.0 Å². The predicted octanol–water partition coefficient (Wildman–Crippen LogP) is 2.90. The number of piperidine rings is 1. The zero-order valence-corrected chi connectivity index (χ0v) is 11.8. The minimum absolute atomic E-state index is 0. The molecular formula is C14H22ClNO2. The van der Waals surface area contributed by atoms with Gasteiger partial charge in [0.2, 0.25) is 0 Å². The monoisotopic (exact) mass is 271 g/mol. The van der Waals surface area contributed by atoms with Crippen molar-refractivity contribution in [2.24, 2.45) is 5.92 Å². The molecule has 1 fully saturated rings. The van der Waals surface area contributed by atoms with Crippen LogP contribution in [0.1, 0.15) is 30.1 Å². The zero-order valence-electron chi connectivity index (χ0n) is 11.0. The van der Waals surface area contributed by atoms with Crippen LogP contribution in [0, 0.1) is 5.92 Å². The van der Waals surface area contributed by atoms with Crippen molar-refractivity contribution >= 4 is 18.4 Å². The first-order valence-corrected chi connectivity index (χ1v) is 6.08. The summed E-state index contributed by atoms with van der Waals surface area (Å²) < 4.78 is 4.50. The normalized spacial score (nSPS) is 14.8. The molecule has 0 atom stereocenters. The Balaban J connectivity index is 0.000000321. The smallest absolute Gasteiger partial charge is 0.337 e. The number of rotatable bonds is 1. The number of nitrogens with one attached hydrogen (secondary N) is 1. The summed E-state index contributed by atoms with van der Waals surface area (Å²) in [5.74, 6) is 0.682. The van der Waals surface area contributed by atoms with Gasteiger partial charge >= 0.3 is 5.97 Å². The lowest BCUT2D eigenvalue weighted by atomic mass is 10.0. The molecule has 4 heteroatoms. The highest BCUT2D eigenvalue weighted by Gasteiger charge is 2.05. The number of hydrogen-bond donors (Lipinski definition) is 1. The number of benzene rings is 1. The van der Waals surface area contributed by atoms with Crippen molar-refractivity contribution < 1.29 is 9.53 Å². The molecule has 0 spiro atoms. The van der Waals surface area contributed by atoms with Gasteiger partial charge in [-0.2, -0.15) is 0 Å². The van der Waals surface area contributed by atoms with Crippen molar-refractivity contribution in [2.75, 3.05) is 20.2 Å². The lowest BCUT2D eigenvalue weighted by molar-refractivity contribution is 0.0601. The summed E-state index contributed by atoms with van der Waals surface area (Å²) in [6.45, 7) is 4.79. The molecule has 1 aromatic rings. The summed E-state index contributed by atoms with van der Waals surface area (Å²) in [7, 11) is 1.37. The van der Waals surface area contributed by atoms with Crippen molar-refractivity contribution in [3.63, 3.8) is 0 Å². The number of methoxy groups -OCH3 is 1. The summed E-state index contributed by atoms with van der Waals surface area (Å²) in [4.78, 5) is 10.8. The number of ether oxygens (including phenoxy) is 1. The molecule has 1 aliphatic rings. The second kappa shape index (κ2) is 9.92. The molecule has 0 bridgehead atoms. The van der Waals surface area contributed by atoms with Crippen LogP contribution in [0.2, 0.25) is 0 Å². The Morgan fingerprint density at radius 1 is 1.22 bits per heavy atom. The third-order valence-electron chi connectivity index (χ3n) is 2.82. The minimum atomic E-state index is -0.291. The maximum Gasteiger partial charge on any atom is 0.337 e. The largest absolute Gasteiger partial charge is 0.465 e. The van der Waals surface area contributed by atoms with Crippen LogP contribution in [0.5, 0.6) is 0 Å². The highest BCUT2D eigenvalue weighted by Crippen LogP contribution is 2.08. The Hall–Kier alpha value is -1.06. The van der Waals surface area contributed by atoms with Gasteiger partial charge in [-0.1, -0.05) is 25.1 Å². The third kappa shape index (κ3) is 6.62. The second-order valence-corrected chi connectivity index (χ2v) is 4.29. The molecule has 1 aliphatic heterocycles. The molecule has 1 heterocycles. The van der Waals surface area contributed by atoms with Crippen molar-refractivity contribution in [1.29, 1.82) is 0 Å². The van der Waals surface area contributed by atoms with Gasteiger partial charge in [-0.05, 0) is 44.0 Å². The Kier molecular flexibility index (Phi) is 9.33. The Bertz CT molecular complexity index is 324. The van der Waals surface area contributed by atoms with Crippen molar-refractivity contribution in [2.45, 2.75) is 19.8 Å². The first kappa shape index (κ1) is 16.9. The molecule has 0 aromatic heterocycles. The molecule has 1 N–H and O–H groups in total. The van der Waals surface area contributed by atoms with Crippen LogP contribution >= 0.6 is 12.4 Å². The molecule has 0 saturated carbocycles. The van der Waals surface area contributed by atoms with Gasteiger partial charge in [0, 0.05) is 0 Å². The first-order valence-electron chi connectivity index (χ1n) is 6.08. The quantitative estimate of drug-likeness (QED) is 0.798. The molecule has 3 nitrogen and oxygen atoms in total. The van der Waals surface area contributed by atoms with Gasteiger partial charge in [-0.3, -0.25) is 0 Å². The molecule has 0 amide bonds. The first-order chi connectivity index (χ1) is 8.24. The highest BCUT2D eigenvalue weighted by atomic mass is 35.5. The molecular weight excluding hydrogens is 250 g/mol. The Morgan fingerprint density at radius 3 is 2.17 bits per heavy atom. The topological polar surface area (TPSA) is 38.3 Å². The summed E-state index contributed by atoms with van der Waals surface area (Å²) in [5, 5.41) is 3.32. The zero-order chi connectivity index (χ0) is 12.5. The summed E-state index contributed by atoms with van der Waals surface area (Å²) >= 11 is 0. The fourth-order valence-electron chi connectivity index (χ4n) is 1.66. The van der Waals surface area contributed by atoms with Crippen LogP contribution < -0.4 is 5.32 Å². The van der Waals surface area contributed by atoms with E-state index in [9.17, 15) is 4.79 Å². The molecule has 0 unspecified atom stereocenters. The van der Waals surface area contributed by atoms with Crippen LogP contribution in [0.4, 0.5) is 0 Å². The Labute approximate surface area is 115 Å². The number of carbonyl (C=O) groups excluding carboxylic acids is 1. The predicted molar refractivity (Wildman–Crippen MR) is 76.3 cm³/mol. The van der Waals surface area contributed by atoms with Crippen LogP contribution in [-0.2, 0) is 4.74 Å². The van der Waals surface area contributed by atoms with E-state index in [0.717, 1.165) is 5.92 Å². The number of hydrogen-bond acceptors (Lipinski definition) is 3. The summed E-state index contributed by atoms with van der Waals surface area (Å²) in [6.07, 6.45) is 2.75. The molecule has 1 saturated heterocycles. The number of esters is 1. The van der Waals surface area contributed by atoms with E-state index < -0.39 is 0 Å². The number of halogens is 1. The van der Waals surface area contributed by atoms with Gasteiger partial charge in [-0.25, -0.2) is 4.79 Å². The van der Waals surface area contributed by atoms with Gasteiger partial charge in [0.05, 0.1) is 12.7 Å². The lowest BCUT2D eigenvalue weighted by Crippen LogP contribution is -2.26. The molecule has 18 heavy (non-hydrogen) atoms. The van der Waals surface area contributed by atoms with Crippen molar-refractivity contribution in [3.8, 4) is 0 Å². The summed E-state index contributed by atoms with van der Waals surface area (Å²) in [6, 6.07) is 8.88. The Morgan fingerprint density at radius 2 is 1.78 bits per heavy atom. The highest BCUT2D eigenvalue weighted by molar-refractivity contribution is 5.89. The van der Waals surface area contributed by atoms with Gasteiger partial charge in [0.25, 0.3) is 0 Å². The fourth-order valence-corrected chi connectivity index (χ4v) is 1.66. The SMILES string of the molecule is CC1CCNCC1.COC(=O)c1ccccc1.Cl. The van der Waals surface area contributed by atoms with Crippen LogP contribution in [0.3, 0.4) is 0 Å². The standard InChI is InChI=1S/C8H8O2.C6H13N.ClH/c1-10-8(9)7-5-3-2-4-6-7;1-6-2-4-7-5-3-6;/h2-6H,1H3;6-7H,2-5H2,1H3;1H. The van der Waals surface area contributed by atoms with Crippen LogP contribution in [0.15, 0.2) is 30.3 Å². The molecule has 0 radical (unpaired) electrons. The average Bonchev–Trinajstić information content (AvgIpc) is 2.40. The average molecular weight is 272 g/mol.